The third-order valence-electron chi connectivity index (χ3n) is 6.02. The highest BCUT2D eigenvalue weighted by Crippen LogP contribution is 2.43. The highest BCUT2D eigenvalue weighted by Gasteiger charge is 2.27. The third kappa shape index (κ3) is 5.16. The molecule has 0 aromatic heterocycles. The molecule has 2 N–H and O–H groups in total. The summed E-state index contributed by atoms with van der Waals surface area (Å²) in [5.41, 5.74) is 4.00. The molecule has 0 amide bonds. The van der Waals surface area contributed by atoms with Gasteiger partial charge in [0.25, 0.3) is 10.1 Å². The zero-order valence-electron chi connectivity index (χ0n) is 18.3. The molecule has 168 valence electrons. The molecule has 0 heterocycles. The lowest BCUT2D eigenvalue weighted by Gasteiger charge is -2.25. The van der Waals surface area contributed by atoms with Crippen LogP contribution in [0.3, 0.4) is 0 Å². The molecule has 33 heavy (non-hydrogen) atoms. The lowest BCUT2D eigenvalue weighted by atomic mass is 9.81. The number of phenols is 1. The van der Waals surface area contributed by atoms with Gasteiger partial charge in [0.05, 0.1) is 0 Å². The zero-order chi connectivity index (χ0) is 23.4. The first kappa shape index (κ1) is 22.8. The standard InChI is InChI=1S/C28H26O4S/c1-20(21-11-5-2-6-12-21)17-25(23-15-9-4-10-16-23)26-18-24(22-13-7-3-8-14-22)19-27(28(26)29)33(30,31)32/h2-16,18-20,25,29H,17H2,1H3,(H,30,31,32). The molecule has 5 heteroatoms. The summed E-state index contributed by atoms with van der Waals surface area (Å²) in [6.07, 6.45) is 0.644. The summed E-state index contributed by atoms with van der Waals surface area (Å²) in [6.45, 7) is 2.12. The Hall–Kier alpha value is -3.41. The first-order valence-electron chi connectivity index (χ1n) is 10.8. The summed E-state index contributed by atoms with van der Waals surface area (Å²) in [5.74, 6) is -0.553. The number of rotatable bonds is 7. The van der Waals surface area contributed by atoms with Gasteiger partial charge in [-0.25, -0.2) is 0 Å². The first-order chi connectivity index (χ1) is 15.8. The summed E-state index contributed by atoms with van der Waals surface area (Å²) in [6, 6.07) is 32.3. The molecule has 4 aromatic rings. The van der Waals surface area contributed by atoms with Crippen LogP contribution in [0.2, 0.25) is 0 Å². The van der Waals surface area contributed by atoms with Crippen molar-refractivity contribution in [3.63, 3.8) is 0 Å². The van der Waals surface area contributed by atoms with Crippen LogP contribution in [0.4, 0.5) is 0 Å². The Balaban J connectivity index is 1.90. The van der Waals surface area contributed by atoms with Crippen LogP contribution >= 0.6 is 0 Å². The van der Waals surface area contributed by atoms with Crippen LogP contribution < -0.4 is 0 Å². The minimum absolute atomic E-state index is 0.144. The molecule has 4 rings (SSSR count). The Kier molecular flexibility index (Phi) is 6.63. The minimum Gasteiger partial charge on any atom is -0.506 e. The van der Waals surface area contributed by atoms with Gasteiger partial charge in [-0.2, -0.15) is 8.42 Å². The van der Waals surface area contributed by atoms with E-state index in [1.807, 2.05) is 84.9 Å². The highest BCUT2D eigenvalue weighted by molar-refractivity contribution is 7.86. The average molecular weight is 459 g/mol. The molecule has 0 aliphatic heterocycles. The van der Waals surface area contributed by atoms with E-state index in [0.717, 1.165) is 16.7 Å². The van der Waals surface area contributed by atoms with Crippen LogP contribution in [-0.2, 0) is 10.1 Å². The van der Waals surface area contributed by atoms with Gasteiger partial charge in [-0.3, -0.25) is 4.55 Å². The van der Waals surface area contributed by atoms with Crippen LogP contribution in [0, 0.1) is 0 Å². The van der Waals surface area contributed by atoms with Crippen molar-refractivity contribution in [1.29, 1.82) is 0 Å². The monoisotopic (exact) mass is 458 g/mol. The maximum absolute atomic E-state index is 12.2. The number of aromatic hydroxyl groups is 1. The van der Waals surface area contributed by atoms with E-state index in [4.69, 9.17) is 0 Å². The van der Waals surface area contributed by atoms with Crippen molar-refractivity contribution in [3.05, 3.63) is 120 Å². The molecule has 4 nitrogen and oxygen atoms in total. The van der Waals surface area contributed by atoms with Crippen molar-refractivity contribution in [1.82, 2.24) is 0 Å². The van der Waals surface area contributed by atoms with Crippen LogP contribution in [0.25, 0.3) is 11.1 Å². The molecular weight excluding hydrogens is 432 g/mol. The van der Waals surface area contributed by atoms with E-state index in [0.29, 0.717) is 17.5 Å². The van der Waals surface area contributed by atoms with Gasteiger partial charge in [-0.1, -0.05) is 97.9 Å². The maximum atomic E-state index is 12.2. The summed E-state index contributed by atoms with van der Waals surface area (Å²) < 4.78 is 34.3. The quantitative estimate of drug-likeness (QED) is 0.305. The summed E-state index contributed by atoms with van der Waals surface area (Å²) in [4.78, 5) is -0.479. The van der Waals surface area contributed by atoms with Crippen LogP contribution in [0.1, 0.15) is 41.9 Å². The number of benzene rings is 4. The number of hydrogen-bond acceptors (Lipinski definition) is 3. The van der Waals surface area contributed by atoms with Gasteiger partial charge >= 0.3 is 0 Å². The summed E-state index contributed by atoms with van der Waals surface area (Å²) in [7, 11) is -4.63. The largest absolute Gasteiger partial charge is 0.506 e. The third-order valence-corrected chi connectivity index (χ3v) is 6.89. The predicted molar refractivity (Wildman–Crippen MR) is 131 cm³/mol. The molecule has 0 fully saturated rings. The average Bonchev–Trinajstić information content (AvgIpc) is 2.83. The first-order valence-corrected chi connectivity index (χ1v) is 12.3. The van der Waals surface area contributed by atoms with Gasteiger partial charge in [0, 0.05) is 11.5 Å². The highest BCUT2D eigenvalue weighted by atomic mass is 32.2. The van der Waals surface area contributed by atoms with Crippen molar-refractivity contribution in [3.8, 4) is 16.9 Å². The second kappa shape index (κ2) is 9.61. The van der Waals surface area contributed by atoms with E-state index in [1.165, 1.54) is 6.07 Å². The van der Waals surface area contributed by atoms with Gasteiger partial charge in [-0.15, -0.1) is 0 Å². The SMILES string of the molecule is CC(CC(c1ccccc1)c1cc(-c2ccccc2)cc(S(=O)(=O)O)c1O)c1ccccc1. The van der Waals surface area contributed by atoms with E-state index in [1.54, 1.807) is 0 Å². The van der Waals surface area contributed by atoms with E-state index < -0.39 is 20.8 Å². The van der Waals surface area contributed by atoms with E-state index in [9.17, 15) is 18.1 Å². The fourth-order valence-corrected chi connectivity index (χ4v) is 4.93. The Morgan fingerprint density at radius 2 is 1.24 bits per heavy atom. The molecule has 2 unspecified atom stereocenters. The van der Waals surface area contributed by atoms with Gasteiger partial charge < -0.3 is 5.11 Å². The second-order valence-corrected chi connectivity index (χ2v) is 9.65. The fraction of sp³-hybridized carbons (Fsp3) is 0.143. The Bertz CT molecular complexity index is 1320. The second-order valence-electron chi connectivity index (χ2n) is 8.26. The number of hydrogen-bond donors (Lipinski definition) is 2. The number of phenolic OH excluding ortho intramolecular Hbond substituents is 1. The Morgan fingerprint density at radius 3 is 1.79 bits per heavy atom. The summed E-state index contributed by atoms with van der Waals surface area (Å²) >= 11 is 0. The molecule has 0 saturated heterocycles. The fourth-order valence-electron chi connectivity index (χ4n) is 4.29. The van der Waals surface area contributed by atoms with Crippen LogP contribution in [0.5, 0.6) is 5.75 Å². The van der Waals surface area contributed by atoms with E-state index in [2.05, 4.69) is 19.1 Å². The Labute approximate surface area is 194 Å². The van der Waals surface area contributed by atoms with Gasteiger partial charge in [-0.05, 0) is 46.7 Å². The molecule has 0 radical (unpaired) electrons. The lowest BCUT2D eigenvalue weighted by Crippen LogP contribution is -2.09. The molecule has 4 aromatic carbocycles. The molecule has 0 spiro atoms. The molecular formula is C28H26O4S. The smallest absolute Gasteiger partial charge is 0.298 e. The van der Waals surface area contributed by atoms with E-state index >= 15 is 0 Å². The predicted octanol–water partition coefficient (Wildman–Crippen LogP) is 6.63. The van der Waals surface area contributed by atoms with Gasteiger partial charge in [0.1, 0.15) is 10.6 Å². The molecule has 0 saturated carbocycles. The van der Waals surface area contributed by atoms with Gasteiger partial charge in [0.2, 0.25) is 0 Å². The topological polar surface area (TPSA) is 74.6 Å². The van der Waals surface area contributed by atoms with Crippen molar-refractivity contribution >= 4 is 10.1 Å². The minimum atomic E-state index is -4.63. The van der Waals surface area contributed by atoms with Crippen molar-refractivity contribution in [2.24, 2.45) is 0 Å². The summed E-state index contributed by atoms with van der Waals surface area (Å²) in [5, 5.41) is 11.1. The molecule has 0 aliphatic rings. The zero-order valence-corrected chi connectivity index (χ0v) is 19.1. The van der Waals surface area contributed by atoms with Crippen molar-refractivity contribution < 1.29 is 18.1 Å². The molecule has 0 bridgehead atoms. The maximum Gasteiger partial charge on any atom is 0.298 e. The van der Waals surface area contributed by atoms with Crippen molar-refractivity contribution in [2.45, 2.75) is 30.1 Å². The van der Waals surface area contributed by atoms with E-state index in [-0.39, 0.29) is 11.8 Å². The molecule has 2 atom stereocenters. The molecule has 0 aliphatic carbocycles. The van der Waals surface area contributed by atoms with Crippen molar-refractivity contribution in [2.75, 3.05) is 0 Å². The normalized spacial score (nSPS) is 13.4. The van der Waals surface area contributed by atoms with Gasteiger partial charge in [0.15, 0.2) is 0 Å². The van der Waals surface area contributed by atoms with Crippen LogP contribution in [-0.4, -0.2) is 18.1 Å². The lowest BCUT2D eigenvalue weighted by molar-refractivity contribution is 0.433. The Morgan fingerprint density at radius 1 is 0.727 bits per heavy atom. The van der Waals surface area contributed by atoms with Crippen LogP contribution in [0.15, 0.2) is 108 Å².